The third-order valence-electron chi connectivity index (χ3n) is 9.72. The van der Waals surface area contributed by atoms with Gasteiger partial charge in [0.05, 0.1) is 18.8 Å². The standard InChI is InChI=1S/C43H83NO3/c1-3-5-7-9-11-13-15-17-18-19-20-21-22-23-24-25-26-27-29-31-33-35-37-39-43(47)44-41(40-45)42(46)38-36-34-32-30-28-16-14-12-10-8-6-4-2/h15,17,19-20,41-42,45-46H,3-14,16,18,21-40H2,1-2H3,(H,44,47)/b17-15-,20-19-. The number of carbonyl (C=O) groups is 1. The first-order valence-electron chi connectivity index (χ1n) is 21.0. The van der Waals surface area contributed by atoms with Gasteiger partial charge in [-0.15, -0.1) is 0 Å². The van der Waals surface area contributed by atoms with Crippen LogP contribution in [0.4, 0.5) is 0 Å². The van der Waals surface area contributed by atoms with Crippen LogP contribution >= 0.6 is 0 Å². The molecule has 3 N–H and O–H groups in total. The molecular weight excluding hydrogens is 578 g/mol. The van der Waals surface area contributed by atoms with E-state index < -0.39 is 12.1 Å². The van der Waals surface area contributed by atoms with Gasteiger partial charge in [-0.25, -0.2) is 0 Å². The summed E-state index contributed by atoms with van der Waals surface area (Å²) in [5.41, 5.74) is 0. The highest BCUT2D eigenvalue weighted by Crippen LogP contribution is 2.15. The van der Waals surface area contributed by atoms with Crippen LogP contribution in [-0.2, 0) is 4.79 Å². The molecule has 0 aromatic carbocycles. The minimum Gasteiger partial charge on any atom is -0.394 e. The zero-order valence-corrected chi connectivity index (χ0v) is 31.8. The van der Waals surface area contributed by atoms with Crippen LogP contribution in [-0.4, -0.2) is 34.9 Å². The van der Waals surface area contributed by atoms with Crippen LogP contribution < -0.4 is 5.32 Å². The van der Waals surface area contributed by atoms with Crippen molar-refractivity contribution in [3.8, 4) is 0 Å². The van der Waals surface area contributed by atoms with Gasteiger partial charge in [0.1, 0.15) is 0 Å². The smallest absolute Gasteiger partial charge is 0.220 e. The lowest BCUT2D eigenvalue weighted by Crippen LogP contribution is -2.45. The van der Waals surface area contributed by atoms with Gasteiger partial charge >= 0.3 is 0 Å². The summed E-state index contributed by atoms with van der Waals surface area (Å²) in [5, 5.41) is 23.1. The third-order valence-corrected chi connectivity index (χ3v) is 9.72. The Kier molecular flexibility index (Phi) is 38.4. The molecule has 0 fully saturated rings. The van der Waals surface area contributed by atoms with E-state index >= 15 is 0 Å². The maximum Gasteiger partial charge on any atom is 0.220 e. The number of nitrogens with one attached hydrogen (secondary N) is 1. The molecule has 0 aliphatic rings. The van der Waals surface area contributed by atoms with E-state index in [1.54, 1.807) is 0 Å². The van der Waals surface area contributed by atoms with Crippen molar-refractivity contribution in [2.75, 3.05) is 6.61 Å². The maximum atomic E-state index is 12.4. The predicted molar refractivity (Wildman–Crippen MR) is 207 cm³/mol. The molecule has 0 aromatic rings. The molecule has 0 bridgehead atoms. The number of rotatable bonds is 38. The molecular formula is C43H83NO3. The molecule has 0 saturated heterocycles. The second kappa shape index (κ2) is 39.3. The number of hydrogen-bond acceptors (Lipinski definition) is 3. The molecule has 4 heteroatoms. The van der Waals surface area contributed by atoms with Crippen LogP contribution in [0.5, 0.6) is 0 Å². The van der Waals surface area contributed by atoms with Crippen molar-refractivity contribution in [1.82, 2.24) is 5.32 Å². The van der Waals surface area contributed by atoms with Gasteiger partial charge in [0.25, 0.3) is 0 Å². The van der Waals surface area contributed by atoms with Gasteiger partial charge in [-0.2, -0.15) is 0 Å². The van der Waals surface area contributed by atoms with E-state index in [9.17, 15) is 15.0 Å². The first-order chi connectivity index (χ1) is 23.2. The van der Waals surface area contributed by atoms with Gasteiger partial charge in [0.15, 0.2) is 0 Å². The zero-order chi connectivity index (χ0) is 34.3. The average Bonchev–Trinajstić information content (AvgIpc) is 3.07. The Labute approximate surface area is 294 Å². The fourth-order valence-corrected chi connectivity index (χ4v) is 6.45. The number of allylic oxidation sites excluding steroid dienone is 4. The van der Waals surface area contributed by atoms with Gasteiger partial charge in [-0.05, 0) is 44.9 Å². The van der Waals surface area contributed by atoms with Crippen LogP contribution in [0, 0.1) is 0 Å². The molecule has 2 unspecified atom stereocenters. The molecule has 0 rings (SSSR count). The van der Waals surface area contributed by atoms with E-state index in [0.29, 0.717) is 12.8 Å². The molecule has 0 aliphatic heterocycles. The van der Waals surface area contributed by atoms with E-state index in [2.05, 4.69) is 43.5 Å². The first-order valence-corrected chi connectivity index (χ1v) is 21.0. The second-order valence-electron chi connectivity index (χ2n) is 14.4. The highest BCUT2D eigenvalue weighted by molar-refractivity contribution is 5.76. The van der Waals surface area contributed by atoms with Gasteiger partial charge in [0.2, 0.25) is 5.91 Å². The fourth-order valence-electron chi connectivity index (χ4n) is 6.45. The Bertz CT molecular complexity index is 676. The quantitative estimate of drug-likeness (QED) is 0.0455. The minimum absolute atomic E-state index is 0.0337. The molecule has 1 amide bonds. The molecule has 4 nitrogen and oxygen atoms in total. The monoisotopic (exact) mass is 662 g/mol. The number of aliphatic hydroxyl groups excluding tert-OH is 2. The first kappa shape index (κ1) is 45.9. The summed E-state index contributed by atoms with van der Waals surface area (Å²) in [4.78, 5) is 12.4. The highest BCUT2D eigenvalue weighted by Gasteiger charge is 2.19. The molecule has 0 saturated carbocycles. The number of hydrogen-bond donors (Lipinski definition) is 3. The lowest BCUT2D eigenvalue weighted by Gasteiger charge is -2.22. The molecule has 0 heterocycles. The summed E-state index contributed by atoms with van der Waals surface area (Å²) in [6, 6.07) is -0.534. The lowest BCUT2D eigenvalue weighted by atomic mass is 10.0. The summed E-state index contributed by atoms with van der Waals surface area (Å²) < 4.78 is 0. The van der Waals surface area contributed by atoms with Gasteiger partial charge in [-0.1, -0.05) is 199 Å². The van der Waals surface area contributed by atoms with Crippen LogP contribution in [0.25, 0.3) is 0 Å². The topological polar surface area (TPSA) is 69.6 Å². The Morgan fingerprint density at radius 3 is 1.28 bits per heavy atom. The minimum atomic E-state index is -0.657. The highest BCUT2D eigenvalue weighted by atomic mass is 16.3. The summed E-state index contributed by atoms with van der Waals surface area (Å²) in [7, 11) is 0. The summed E-state index contributed by atoms with van der Waals surface area (Å²) in [5.74, 6) is -0.0337. The van der Waals surface area contributed by atoms with Crippen molar-refractivity contribution in [2.24, 2.45) is 0 Å². The van der Waals surface area contributed by atoms with E-state index in [0.717, 1.165) is 32.1 Å². The van der Waals surface area contributed by atoms with Gasteiger partial charge in [-0.3, -0.25) is 4.79 Å². The van der Waals surface area contributed by atoms with E-state index in [4.69, 9.17) is 0 Å². The van der Waals surface area contributed by atoms with Crippen LogP contribution in [0.2, 0.25) is 0 Å². The van der Waals surface area contributed by atoms with E-state index in [-0.39, 0.29) is 12.5 Å². The normalized spacial score (nSPS) is 13.2. The predicted octanol–water partition coefficient (Wildman–Crippen LogP) is 12.8. The van der Waals surface area contributed by atoms with Crippen molar-refractivity contribution in [1.29, 1.82) is 0 Å². The van der Waals surface area contributed by atoms with Crippen molar-refractivity contribution in [3.63, 3.8) is 0 Å². The number of unbranched alkanes of at least 4 members (excludes halogenated alkanes) is 27. The van der Waals surface area contributed by atoms with Crippen LogP contribution in [0.15, 0.2) is 24.3 Å². The van der Waals surface area contributed by atoms with Crippen molar-refractivity contribution < 1.29 is 15.0 Å². The third kappa shape index (κ3) is 36.0. The second-order valence-corrected chi connectivity index (χ2v) is 14.4. The number of carbonyl (C=O) groups excluding carboxylic acids is 1. The number of aliphatic hydroxyl groups is 2. The largest absolute Gasteiger partial charge is 0.394 e. The maximum absolute atomic E-state index is 12.4. The molecule has 47 heavy (non-hydrogen) atoms. The summed E-state index contributed by atoms with van der Waals surface area (Å²) in [6.45, 7) is 4.34. The lowest BCUT2D eigenvalue weighted by molar-refractivity contribution is -0.123. The molecule has 2 atom stereocenters. The van der Waals surface area contributed by atoms with Crippen LogP contribution in [0.1, 0.15) is 226 Å². The Balaban J connectivity index is 3.50. The van der Waals surface area contributed by atoms with Crippen molar-refractivity contribution in [2.45, 2.75) is 238 Å². The molecule has 278 valence electrons. The van der Waals surface area contributed by atoms with Gasteiger partial charge in [0, 0.05) is 6.42 Å². The molecule has 0 radical (unpaired) electrons. The molecule has 0 aliphatic carbocycles. The zero-order valence-electron chi connectivity index (χ0n) is 31.8. The fraction of sp³-hybridized carbons (Fsp3) is 0.884. The molecule has 0 spiro atoms. The van der Waals surface area contributed by atoms with Gasteiger partial charge < -0.3 is 15.5 Å². The average molecular weight is 662 g/mol. The van der Waals surface area contributed by atoms with Crippen molar-refractivity contribution >= 4 is 5.91 Å². The Morgan fingerprint density at radius 2 is 0.872 bits per heavy atom. The van der Waals surface area contributed by atoms with E-state index in [1.807, 2.05) is 0 Å². The SMILES string of the molecule is CCCCCCC/C=C\C/C=C\CCCCCCCCCCCCCC(=O)NC(CO)C(O)CCCCCCCCCCCCCC. The van der Waals surface area contributed by atoms with Crippen molar-refractivity contribution in [3.05, 3.63) is 24.3 Å². The number of amides is 1. The molecule has 0 aromatic heterocycles. The van der Waals surface area contributed by atoms with E-state index in [1.165, 1.54) is 167 Å². The summed E-state index contributed by atoms with van der Waals surface area (Å²) >= 11 is 0. The Hall–Kier alpha value is -1.13. The van der Waals surface area contributed by atoms with Crippen LogP contribution in [0.3, 0.4) is 0 Å². The Morgan fingerprint density at radius 1 is 0.511 bits per heavy atom. The summed E-state index contributed by atoms with van der Waals surface area (Å²) in [6.07, 6.45) is 49.6.